The van der Waals surface area contributed by atoms with Gasteiger partial charge < -0.3 is 19.9 Å². The van der Waals surface area contributed by atoms with Crippen molar-refractivity contribution in [3.63, 3.8) is 0 Å². The van der Waals surface area contributed by atoms with Crippen LogP contribution in [-0.4, -0.2) is 34.3 Å². The summed E-state index contributed by atoms with van der Waals surface area (Å²) in [6, 6.07) is 3.73. The number of aryl methyl sites for hydroxylation is 1. The fraction of sp³-hybridized carbons (Fsp3) is 0.381. The molecule has 2 heterocycles. The first kappa shape index (κ1) is 21.6. The number of benzene rings is 1. The normalized spacial score (nSPS) is 15.2. The third kappa shape index (κ3) is 4.56. The largest absolute Gasteiger partial charge is 0.481 e. The number of ether oxygens (including phenoxy) is 2. The van der Waals surface area contributed by atoms with Crippen molar-refractivity contribution >= 4 is 11.8 Å². The Morgan fingerprint density at radius 2 is 1.97 bits per heavy atom. The molecule has 9 heteroatoms. The lowest BCUT2D eigenvalue weighted by Gasteiger charge is -2.23. The first-order valence-corrected chi connectivity index (χ1v) is 9.24. The molecule has 1 aromatic heterocycles. The number of rotatable bonds is 7. The molecule has 1 aromatic carbocycles. The van der Waals surface area contributed by atoms with Crippen molar-refractivity contribution < 1.29 is 28.2 Å². The Bertz CT molecular complexity index is 985. The molecule has 1 atom stereocenters. The van der Waals surface area contributed by atoms with Crippen LogP contribution in [-0.2, 0) is 20.7 Å². The predicted molar refractivity (Wildman–Crippen MR) is 104 cm³/mol. The fourth-order valence-corrected chi connectivity index (χ4v) is 3.37. The number of hydrogen-bond acceptors (Lipinski definition) is 6. The lowest BCUT2D eigenvalue weighted by atomic mass is 9.97. The summed E-state index contributed by atoms with van der Waals surface area (Å²) in [5.41, 5.74) is 1.32. The minimum atomic E-state index is -2.64. The van der Waals surface area contributed by atoms with E-state index in [-0.39, 0.29) is 23.5 Å². The number of carboxylic acids is 1. The number of aromatic nitrogens is 2. The van der Waals surface area contributed by atoms with E-state index in [9.17, 15) is 18.7 Å². The van der Waals surface area contributed by atoms with Crippen molar-refractivity contribution in [1.29, 1.82) is 0 Å². The minimum Gasteiger partial charge on any atom is -0.481 e. The average molecular weight is 417 g/mol. The van der Waals surface area contributed by atoms with Crippen LogP contribution in [0.25, 0.3) is 0 Å². The van der Waals surface area contributed by atoms with Gasteiger partial charge in [0.2, 0.25) is 0 Å². The number of hydrogen-bond donors (Lipinski definition) is 2. The van der Waals surface area contributed by atoms with E-state index in [0.29, 0.717) is 35.7 Å². The monoisotopic (exact) mass is 417 g/mol. The Kier molecular flexibility index (Phi) is 6.59. The third-order valence-electron chi connectivity index (χ3n) is 4.72. The van der Waals surface area contributed by atoms with Gasteiger partial charge in [-0.1, -0.05) is 24.1 Å². The standard InChI is InChI=1S/C21H21F2N3O4/c1-4-15(13-6-5-7-14(11(13)2)19(22)23)26-20-18(21-29-8-9-30-21)16(10-17(27)28)24-12(3)25-20/h1,5-7,15,19,21H,8-10H2,2-3H3,(H,27,28)(H,24,25,26)/t15-/m1/s1. The van der Waals surface area contributed by atoms with Gasteiger partial charge in [0.15, 0.2) is 6.29 Å². The summed E-state index contributed by atoms with van der Waals surface area (Å²) in [5, 5.41) is 12.3. The van der Waals surface area contributed by atoms with E-state index < -0.39 is 24.7 Å². The number of alkyl halides is 2. The number of aliphatic carboxylic acids is 1. The summed E-state index contributed by atoms with van der Waals surface area (Å²) in [6.07, 6.45) is 1.86. The SMILES string of the molecule is C#C[C@@H](Nc1nc(C)nc(CC(=O)O)c1C1OCCO1)c1cccc(C(F)F)c1C. The highest BCUT2D eigenvalue weighted by Gasteiger charge is 2.29. The molecule has 7 nitrogen and oxygen atoms in total. The average Bonchev–Trinajstić information content (AvgIpc) is 3.19. The predicted octanol–water partition coefficient (Wildman–Crippen LogP) is 3.49. The van der Waals surface area contributed by atoms with Gasteiger partial charge in [0.05, 0.1) is 30.9 Å². The lowest BCUT2D eigenvalue weighted by molar-refractivity contribution is -0.136. The van der Waals surface area contributed by atoms with E-state index in [1.54, 1.807) is 19.9 Å². The van der Waals surface area contributed by atoms with Gasteiger partial charge in [-0.25, -0.2) is 18.7 Å². The second-order valence-electron chi connectivity index (χ2n) is 6.73. The molecule has 0 saturated carbocycles. The lowest BCUT2D eigenvalue weighted by Crippen LogP contribution is -2.19. The molecule has 1 fully saturated rings. The highest BCUT2D eigenvalue weighted by atomic mass is 19.3. The third-order valence-corrected chi connectivity index (χ3v) is 4.72. The smallest absolute Gasteiger partial charge is 0.309 e. The Morgan fingerprint density at radius 3 is 2.57 bits per heavy atom. The van der Waals surface area contributed by atoms with Crippen LogP contribution in [0.3, 0.4) is 0 Å². The topological polar surface area (TPSA) is 93.6 Å². The molecule has 1 saturated heterocycles. The molecule has 2 N–H and O–H groups in total. The van der Waals surface area contributed by atoms with E-state index in [0.717, 1.165) is 0 Å². The van der Waals surface area contributed by atoms with Gasteiger partial charge in [-0.15, -0.1) is 6.42 Å². The number of anilines is 1. The molecule has 158 valence electrons. The van der Waals surface area contributed by atoms with Gasteiger partial charge in [0.1, 0.15) is 17.7 Å². The maximum atomic E-state index is 13.3. The molecular weight excluding hydrogens is 396 g/mol. The molecular formula is C21H21F2N3O4. The molecule has 30 heavy (non-hydrogen) atoms. The highest BCUT2D eigenvalue weighted by molar-refractivity contribution is 5.71. The van der Waals surface area contributed by atoms with Crippen molar-refractivity contribution in [2.75, 3.05) is 18.5 Å². The van der Waals surface area contributed by atoms with Crippen LogP contribution in [0.1, 0.15) is 52.5 Å². The molecule has 0 aliphatic carbocycles. The van der Waals surface area contributed by atoms with E-state index in [4.69, 9.17) is 15.9 Å². The summed E-state index contributed by atoms with van der Waals surface area (Å²) in [4.78, 5) is 19.9. The molecule has 1 aliphatic rings. The van der Waals surface area contributed by atoms with E-state index >= 15 is 0 Å². The maximum Gasteiger partial charge on any atom is 0.309 e. The van der Waals surface area contributed by atoms with E-state index in [1.165, 1.54) is 12.1 Å². The molecule has 0 radical (unpaired) electrons. The van der Waals surface area contributed by atoms with Gasteiger partial charge in [-0.3, -0.25) is 4.79 Å². The first-order valence-electron chi connectivity index (χ1n) is 9.24. The van der Waals surface area contributed by atoms with Gasteiger partial charge in [0, 0.05) is 5.56 Å². The Balaban J connectivity index is 2.06. The number of halogens is 2. The highest BCUT2D eigenvalue weighted by Crippen LogP contribution is 2.34. The second kappa shape index (κ2) is 9.15. The molecule has 2 aromatic rings. The summed E-state index contributed by atoms with van der Waals surface area (Å²) in [6.45, 7) is 3.86. The van der Waals surface area contributed by atoms with Crippen LogP contribution < -0.4 is 5.32 Å². The van der Waals surface area contributed by atoms with Crippen molar-refractivity contribution in [2.45, 2.75) is 39.0 Å². The zero-order valence-corrected chi connectivity index (χ0v) is 16.5. The van der Waals surface area contributed by atoms with Crippen LogP contribution in [0.15, 0.2) is 18.2 Å². The maximum absolute atomic E-state index is 13.3. The zero-order chi connectivity index (χ0) is 21.8. The number of terminal acetylenes is 1. The Morgan fingerprint density at radius 1 is 1.30 bits per heavy atom. The molecule has 1 aliphatic heterocycles. The Hall–Kier alpha value is -3.09. The minimum absolute atomic E-state index is 0.109. The molecule has 0 spiro atoms. The molecule has 3 rings (SSSR count). The van der Waals surface area contributed by atoms with Crippen LogP contribution in [0.5, 0.6) is 0 Å². The summed E-state index contributed by atoms with van der Waals surface area (Å²) in [5.74, 6) is 2.05. The van der Waals surface area contributed by atoms with E-state index in [2.05, 4.69) is 21.2 Å². The number of carbonyl (C=O) groups is 1. The van der Waals surface area contributed by atoms with Gasteiger partial charge in [-0.05, 0) is 25.0 Å². The number of nitrogens with one attached hydrogen (secondary N) is 1. The van der Waals surface area contributed by atoms with E-state index in [1.807, 2.05) is 0 Å². The van der Waals surface area contributed by atoms with Gasteiger partial charge in [0.25, 0.3) is 6.43 Å². The quantitative estimate of drug-likeness (QED) is 0.666. The number of nitrogens with zero attached hydrogens (tertiary/aromatic N) is 2. The first-order chi connectivity index (χ1) is 14.3. The van der Waals surface area contributed by atoms with Crippen molar-refractivity contribution in [3.05, 3.63) is 52.0 Å². The zero-order valence-electron chi connectivity index (χ0n) is 16.5. The molecule has 0 amide bonds. The van der Waals surface area contributed by atoms with Crippen LogP contribution in [0.2, 0.25) is 0 Å². The van der Waals surface area contributed by atoms with Crippen molar-refractivity contribution in [3.8, 4) is 12.3 Å². The van der Waals surface area contributed by atoms with Crippen LogP contribution in [0, 0.1) is 26.2 Å². The number of carboxylic acid groups (broad SMARTS) is 1. The summed E-state index contributed by atoms with van der Waals surface area (Å²) in [7, 11) is 0. The fourth-order valence-electron chi connectivity index (χ4n) is 3.37. The summed E-state index contributed by atoms with van der Waals surface area (Å²) >= 11 is 0. The van der Waals surface area contributed by atoms with Crippen molar-refractivity contribution in [2.24, 2.45) is 0 Å². The van der Waals surface area contributed by atoms with Gasteiger partial charge >= 0.3 is 5.97 Å². The summed E-state index contributed by atoms with van der Waals surface area (Å²) < 4.78 is 37.7. The van der Waals surface area contributed by atoms with Crippen LogP contribution >= 0.6 is 0 Å². The molecule has 0 unspecified atom stereocenters. The van der Waals surface area contributed by atoms with Gasteiger partial charge in [-0.2, -0.15) is 0 Å². The second-order valence-corrected chi connectivity index (χ2v) is 6.73. The van der Waals surface area contributed by atoms with Crippen molar-refractivity contribution in [1.82, 2.24) is 9.97 Å². The van der Waals surface area contributed by atoms with Crippen LogP contribution in [0.4, 0.5) is 14.6 Å². The Labute approximate surface area is 172 Å². The molecule has 0 bridgehead atoms.